The van der Waals surface area contributed by atoms with E-state index in [9.17, 15) is 14.0 Å². The van der Waals surface area contributed by atoms with Crippen molar-refractivity contribution in [2.24, 2.45) is 0 Å². The Morgan fingerprint density at radius 1 is 1.09 bits per heavy atom. The van der Waals surface area contributed by atoms with Gasteiger partial charge in [0.25, 0.3) is 11.7 Å². The van der Waals surface area contributed by atoms with Crippen molar-refractivity contribution < 1.29 is 23.5 Å². The van der Waals surface area contributed by atoms with E-state index in [0.29, 0.717) is 39.7 Å². The van der Waals surface area contributed by atoms with E-state index in [0.717, 1.165) is 5.56 Å². The van der Waals surface area contributed by atoms with Gasteiger partial charge < -0.3 is 19.4 Å². The number of halogens is 2. The Bertz CT molecular complexity index is 1400. The smallest absolute Gasteiger partial charge is 0.296 e. The zero-order chi connectivity index (χ0) is 24.4. The van der Waals surface area contributed by atoms with Crippen LogP contribution in [0, 0.1) is 12.7 Å². The van der Waals surface area contributed by atoms with E-state index in [1.807, 2.05) is 12.1 Å². The van der Waals surface area contributed by atoms with E-state index in [1.165, 1.54) is 38.6 Å². The summed E-state index contributed by atoms with van der Waals surface area (Å²) < 4.78 is 26.6. The molecule has 0 atom stereocenters. The fourth-order valence-electron chi connectivity index (χ4n) is 3.80. The van der Waals surface area contributed by atoms with Crippen LogP contribution in [0.5, 0.6) is 11.6 Å². The molecule has 0 unspecified atom stereocenters. The van der Waals surface area contributed by atoms with Gasteiger partial charge in [-0.2, -0.15) is 0 Å². The molecule has 0 saturated carbocycles. The van der Waals surface area contributed by atoms with Crippen LogP contribution in [-0.4, -0.2) is 35.5 Å². The molecule has 34 heavy (non-hydrogen) atoms. The summed E-state index contributed by atoms with van der Waals surface area (Å²) in [6.07, 6.45) is 1.45. The van der Waals surface area contributed by atoms with Gasteiger partial charge in [-0.25, -0.2) is 9.37 Å². The lowest BCUT2D eigenvalue weighted by molar-refractivity contribution is -0.112. The average molecular weight is 482 g/mol. The molecule has 7 nitrogen and oxygen atoms in total. The third-order valence-corrected chi connectivity index (χ3v) is 5.74. The lowest BCUT2D eigenvalue weighted by Crippen LogP contribution is -2.23. The predicted molar refractivity (Wildman–Crippen MR) is 127 cm³/mol. The summed E-state index contributed by atoms with van der Waals surface area (Å²) in [6, 6.07) is 13.0. The molecule has 4 aromatic rings. The second-order valence-corrected chi connectivity index (χ2v) is 7.98. The minimum absolute atomic E-state index is 0.0236. The summed E-state index contributed by atoms with van der Waals surface area (Å²) >= 11 is 5.99. The minimum atomic E-state index is -0.842. The number of nitrogens with zero attached hydrogens (tertiary/aromatic N) is 2. The molecule has 0 spiro atoms. The highest BCUT2D eigenvalue weighted by atomic mass is 35.5. The number of carbonyl (C=O) groups is 2. The van der Waals surface area contributed by atoms with Gasteiger partial charge in [-0.15, -0.1) is 0 Å². The Morgan fingerprint density at radius 2 is 1.82 bits per heavy atom. The number of benzene rings is 2. The first-order valence-electron chi connectivity index (χ1n) is 10.3. The SMILES string of the molecule is COc1cc(NC(=O)C(=O)c2c(C)n(Cc3ccc(Cl)cc3)c3cc(F)c(OC)cc23)ccn1. The van der Waals surface area contributed by atoms with Gasteiger partial charge in [0, 0.05) is 46.7 Å². The van der Waals surface area contributed by atoms with Gasteiger partial charge in [-0.1, -0.05) is 23.7 Å². The van der Waals surface area contributed by atoms with Crippen molar-refractivity contribution in [2.75, 3.05) is 19.5 Å². The Hall–Kier alpha value is -3.91. The molecule has 0 aliphatic rings. The third kappa shape index (κ3) is 4.45. The minimum Gasteiger partial charge on any atom is -0.494 e. The second-order valence-electron chi connectivity index (χ2n) is 7.55. The molecule has 174 valence electrons. The number of Topliss-reactive ketones (excluding diaryl/α,β-unsaturated/α-hetero) is 1. The lowest BCUT2D eigenvalue weighted by Gasteiger charge is -2.10. The van der Waals surface area contributed by atoms with Crippen molar-refractivity contribution in [1.82, 2.24) is 9.55 Å². The van der Waals surface area contributed by atoms with Crippen LogP contribution in [-0.2, 0) is 11.3 Å². The summed E-state index contributed by atoms with van der Waals surface area (Å²) in [6.45, 7) is 2.07. The molecule has 0 radical (unpaired) electrons. The monoisotopic (exact) mass is 481 g/mol. The molecule has 1 N–H and O–H groups in total. The standard InChI is InChI=1S/C25H21ClFN3O4/c1-14-23(24(31)25(32)29-17-8-9-28-22(10-17)34-3)18-11-21(33-2)19(27)12-20(18)30(14)13-15-4-6-16(26)7-5-15/h4-12H,13H2,1-3H3,(H,28,29,32). The highest BCUT2D eigenvalue weighted by molar-refractivity contribution is 6.48. The molecule has 9 heteroatoms. The molecule has 0 fully saturated rings. The van der Waals surface area contributed by atoms with Crippen LogP contribution >= 0.6 is 11.6 Å². The number of ether oxygens (including phenoxy) is 2. The molecule has 2 aromatic heterocycles. The first kappa shape index (κ1) is 23.3. The number of methoxy groups -OCH3 is 2. The van der Waals surface area contributed by atoms with Crippen LogP contribution in [0.3, 0.4) is 0 Å². The van der Waals surface area contributed by atoms with E-state index in [-0.39, 0.29) is 11.3 Å². The van der Waals surface area contributed by atoms with Gasteiger partial charge in [0.05, 0.1) is 25.3 Å². The molecule has 2 heterocycles. The zero-order valence-electron chi connectivity index (χ0n) is 18.7. The van der Waals surface area contributed by atoms with Crippen molar-refractivity contribution in [3.63, 3.8) is 0 Å². The maximum absolute atomic E-state index is 14.6. The number of aromatic nitrogens is 2. The Labute approximate surface area is 200 Å². The van der Waals surface area contributed by atoms with E-state index in [1.54, 1.807) is 29.7 Å². The highest BCUT2D eigenvalue weighted by Gasteiger charge is 2.27. The maximum Gasteiger partial charge on any atom is 0.296 e. The molecule has 4 rings (SSSR count). The van der Waals surface area contributed by atoms with Crippen LogP contribution in [0.25, 0.3) is 10.9 Å². The zero-order valence-corrected chi connectivity index (χ0v) is 19.4. The second kappa shape index (κ2) is 9.52. The van der Waals surface area contributed by atoms with Crippen molar-refractivity contribution in [3.8, 4) is 11.6 Å². The van der Waals surface area contributed by atoms with Gasteiger partial charge in [0.1, 0.15) is 0 Å². The molecule has 2 aromatic carbocycles. The van der Waals surface area contributed by atoms with Crippen LogP contribution in [0.1, 0.15) is 21.6 Å². The first-order valence-corrected chi connectivity index (χ1v) is 10.7. The Balaban J connectivity index is 1.78. The van der Waals surface area contributed by atoms with Crippen molar-refractivity contribution in [2.45, 2.75) is 13.5 Å². The summed E-state index contributed by atoms with van der Waals surface area (Å²) in [7, 11) is 2.79. The number of fused-ring (bicyclic) bond motifs is 1. The largest absolute Gasteiger partial charge is 0.494 e. The maximum atomic E-state index is 14.6. The summed E-state index contributed by atoms with van der Waals surface area (Å²) in [5.74, 6) is -1.91. The number of hydrogen-bond donors (Lipinski definition) is 1. The topological polar surface area (TPSA) is 82.5 Å². The normalized spacial score (nSPS) is 10.9. The number of rotatable bonds is 7. The highest BCUT2D eigenvalue weighted by Crippen LogP contribution is 2.33. The van der Waals surface area contributed by atoms with Crippen LogP contribution in [0.4, 0.5) is 10.1 Å². The van der Waals surface area contributed by atoms with Gasteiger partial charge in [-0.05, 0) is 36.8 Å². The molecular weight excluding hydrogens is 461 g/mol. The molecule has 0 saturated heterocycles. The van der Waals surface area contributed by atoms with E-state index >= 15 is 0 Å². The quantitative estimate of drug-likeness (QED) is 0.296. The third-order valence-electron chi connectivity index (χ3n) is 5.49. The van der Waals surface area contributed by atoms with Crippen molar-refractivity contribution in [3.05, 3.63) is 82.4 Å². The summed E-state index contributed by atoms with van der Waals surface area (Å²) in [4.78, 5) is 30.2. The van der Waals surface area contributed by atoms with E-state index in [4.69, 9.17) is 21.1 Å². The molecule has 0 bridgehead atoms. The van der Waals surface area contributed by atoms with Gasteiger partial charge in [-0.3, -0.25) is 9.59 Å². The van der Waals surface area contributed by atoms with E-state index in [2.05, 4.69) is 10.3 Å². The van der Waals surface area contributed by atoms with Gasteiger partial charge in [0.15, 0.2) is 11.6 Å². The fourth-order valence-corrected chi connectivity index (χ4v) is 3.92. The van der Waals surface area contributed by atoms with Gasteiger partial charge >= 0.3 is 0 Å². The molecule has 0 aliphatic heterocycles. The average Bonchev–Trinajstić information content (AvgIpc) is 3.09. The van der Waals surface area contributed by atoms with Crippen LogP contribution < -0.4 is 14.8 Å². The Morgan fingerprint density at radius 3 is 2.50 bits per heavy atom. The number of pyridine rings is 1. The number of ketones is 1. The van der Waals surface area contributed by atoms with E-state index < -0.39 is 17.5 Å². The number of carbonyl (C=O) groups excluding carboxylic acids is 2. The summed E-state index contributed by atoms with van der Waals surface area (Å²) in [5, 5.41) is 3.58. The fraction of sp³-hybridized carbons (Fsp3) is 0.160. The number of anilines is 1. The first-order chi connectivity index (χ1) is 16.3. The molecule has 0 aliphatic carbocycles. The van der Waals surface area contributed by atoms with Crippen molar-refractivity contribution >= 4 is 39.9 Å². The van der Waals surface area contributed by atoms with Gasteiger partial charge in [0.2, 0.25) is 5.88 Å². The number of amides is 1. The predicted octanol–water partition coefficient (Wildman–Crippen LogP) is 5.02. The van der Waals surface area contributed by atoms with Crippen LogP contribution in [0.15, 0.2) is 54.7 Å². The van der Waals surface area contributed by atoms with Crippen molar-refractivity contribution in [1.29, 1.82) is 0 Å². The Kier molecular flexibility index (Phi) is 6.51. The summed E-state index contributed by atoms with van der Waals surface area (Å²) in [5.41, 5.74) is 2.41. The molecule has 1 amide bonds. The number of nitrogens with one attached hydrogen (secondary N) is 1. The van der Waals surface area contributed by atoms with Crippen LogP contribution in [0.2, 0.25) is 5.02 Å². The number of hydrogen-bond acceptors (Lipinski definition) is 5. The lowest BCUT2D eigenvalue weighted by atomic mass is 10.1. The molecular formula is C25H21ClFN3O4.